The van der Waals surface area contributed by atoms with Gasteiger partial charge in [0.15, 0.2) is 0 Å². The Labute approximate surface area is 227 Å². The van der Waals surface area contributed by atoms with Crippen LogP contribution in [0.4, 0.5) is 14.9 Å². The summed E-state index contributed by atoms with van der Waals surface area (Å²) in [6.07, 6.45) is 1.74. The zero-order chi connectivity index (χ0) is 26.5. The number of halogens is 2. The van der Waals surface area contributed by atoms with Crippen LogP contribution in [0.3, 0.4) is 0 Å². The average Bonchev–Trinajstić information content (AvgIpc) is 2.86. The summed E-state index contributed by atoms with van der Waals surface area (Å²) < 4.78 is 26.3. The van der Waals surface area contributed by atoms with E-state index in [0.717, 1.165) is 14.0 Å². The summed E-state index contributed by atoms with van der Waals surface area (Å²) in [5, 5.41) is 2.23. The minimum atomic E-state index is -0.832. The number of imide groups is 2. The number of anilines is 1. The predicted molar refractivity (Wildman–Crippen MR) is 146 cm³/mol. The standard InChI is InChI=1S/C28H24FIN2O5/c1-3-36-20-11-9-19(10-12-20)32-27(34)22(26(33)31-28(32)35)13-17-14-24(30)21(25(15-17)37-4-2)16-18-7-5-6-8-23(18)29/h5-15H,3-4,16H2,1-2H3,(H,31,33,35)/b22-13+. The number of amides is 4. The highest BCUT2D eigenvalue weighted by Gasteiger charge is 2.37. The molecule has 9 heteroatoms. The number of nitrogens with one attached hydrogen (secondary N) is 1. The SMILES string of the molecule is CCOc1ccc(N2C(=O)NC(=O)/C(=C\c3cc(I)c(Cc4ccccc4F)c(OCC)c3)C2=O)cc1. The summed E-state index contributed by atoms with van der Waals surface area (Å²) in [6, 6.07) is 15.6. The first kappa shape index (κ1) is 26.3. The van der Waals surface area contributed by atoms with Gasteiger partial charge in [-0.3, -0.25) is 14.9 Å². The molecular formula is C28H24FIN2O5. The summed E-state index contributed by atoms with van der Waals surface area (Å²) in [6.45, 7) is 4.54. The number of benzene rings is 3. The molecule has 0 aliphatic carbocycles. The Bertz CT molecular complexity index is 1390. The van der Waals surface area contributed by atoms with Crippen molar-refractivity contribution in [3.05, 3.63) is 92.3 Å². The molecule has 0 aromatic heterocycles. The molecule has 7 nitrogen and oxygen atoms in total. The van der Waals surface area contributed by atoms with Crippen LogP contribution in [0.1, 0.15) is 30.5 Å². The average molecular weight is 614 g/mol. The van der Waals surface area contributed by atoms with Crippen LogP contribution >= 0.6 is 22.6 Å². The van der Waals surface area contributed by atoms with Crippen LogP contribution in [-0.4, -0.2) is 31.1 Å². The minimum Gasteiger partial charge on any atom is -0.494 e. The normalized spacial score (nSPS) is 14.6. The van der Waals surface area contributed by atoms with E-state index in [1.807, 2.05) is 13.8 Å². The molecule has 1 heterocycles. The maximum absolute atomic E-state index is 14.3. The third-order valence-corrected chi connectivity index (χ3v) is 6.58. The van der Waals surface area contributed by atoms with Crippen LogP contribution in [0.2, 0.25) is 0 Å². The molecule has 3 aromatic rings. The topological polar surface area (TPSA) is 84.9 Å². The highest BCUT2D eigenvalue weighted by atomic mass is 127. The van der Waals surface area contributed by atoms with E-state index in [1.54, 1.807) is 54.6 Å². The van der Waals surface area contributed by atoms with Crippen LogP contribution in [0.25, 0.3) is 6.08 Å². The molecule has 0 bridgehead atoms. The lowest BCUT2D eigenvalue weighted by Gasteiger charge is -2.26. The number of nitrogens with zero attached hydrogens (tertiary/aromatic N) is 1. The van der Waals surface area contributed by atoms with Crippen LogP contribution in [0.5, 0.6) is 11.5 Å². The fourth-order valence-corrected chi connectivity index (χ4v) is 4.74. The summed E-state index contributed by atoms with van der Waals surface area (Å²) in [4.78, 5) is 39.3. The molecule has 37 heavy (non-hydrogen) atoms. The van der Waals surface area contributed by atoms with E-state index in [0.29, 0.717) is 47.9 Å². The van der Waals surface area contributed by atoms with Crippen molar-refractivity contribution in [3.8, 4) is 11.5 Å². The van der Waals surface area contributed by atoms with Gasteiger partial charge in [-0.05, 0) is 96.1 Å². The first-order valence-electron chi connectivity index (χ1n) is 11.6. The van der Waals surface area contributed by atoms with Gasteiger partial charge in [0.25, 0.3) is 11.8 Å². The molecule has 0 spiro atoms. The Morgan fingerprint density at radius 1 is 0.973 bits per heavy atom. The molecule has 190 valence electrons. The second-order valence-corrected chi connectivity index (χ2v) is 9.23. The van der Waals surface area contributed by atoms with E-state index in [-0.39, 0.29) is 11.4 Å². The quantitative estimate of drug-likeness (QED) is 0.206. The Balaban J connectivity index is 1.69. The van der Waals surface area contributed by atoms with Crippen molar-refractivity contribution in [1.82, 2.24) is 5.32 Å². The predicted octanol–water partition coefficient (Wildman–Crippen LogP) is 5.48. The van der Waals surface area contributed by atoms with Crippen molar-refractivity contribution >= 4 is 52.2 Å². The maximum atomic E-state index is 14.3. The number of carbonyl (C=O) groups is 3. The van der Waals surface area contributed by atoms with Crippen molar-refractivity contribution < 1.29 is 28.2 Å². The third kappa shape index (κ3) is 5.82. The lowest BCUT2D eigenvalue weighted by molar-refractivity contribution is -0.122. The van der Waals surface area contributed by atoms with Gasteiger partial charge in [0.05, 0.1) is 18.9 Å². The molecule has 1 saturated heterocycles. The molecular weight excluding hydrogens is 590 g/mol. The minimum absolute atomic E-state index is 0.200. The second-order valence-electron chi connectivity index (χ2n) is 8.07. The summed E-state index contributed by atoms with van der Waals surface area (Å²) in [5.41, 5.74) is 1.95. The number of hydrogen-bond acceptors (Lipinski definition) is 5. The zero-order valence-electron chi connectivity index (χ0n) is 20.2. The van der Waals surface area contributed by atoms with Crippen LogP contribution in [0.15, 0.2) is 66.2 Å². The molecule has 1 N–H and O–H groups in total. The molecule has 1 aliphatic rings. The number of urea groups is 1. The molecule has 4 rings (SSSR count). The van der Waals surface area contributed by atoms with Crippen molar-refractivity contribution in [2.45, 2.75) is 20.3 Å². The fourth-order valence-electron chi connectivity index (χ4n) is 3.92. The number of hydrogen-bond donors (Lipinski definition) is 1. The van der Waals surface area contributed by atoms with Crippen LogP contribution in [0, 0.1) is 9.39 Å². The Kier molecular flexibility index (Phi) is 8.22. The molecule has 4 amide bonds. The molecule has 0 saturated carbocycles. The van der Waals surface area contributed by atoms with Gasteiger partial charge in [0.1, 0.15) is 22.9 Å². The largest absolute Gasteiger partial charge is 0.494 e. The Morgan fingerprint density at radius 2 is 1.68 bits per heavy atom. The number of carbonyl (C=O) groups excluding carboxylic acids is 3. The van der Waals surface area contributed by atoms with Gasteiger partial charge in [0.2, 0.25) is 0 Å². The zero-order valence-corrected chi connectivity index (χ0v) is 22.4. The smallest absolute Gasteiger partial charge is 0.335 e. The Morgan fingerprint density at radius 3 is 2.35 bits per heavy atom. The van der Waals surface area contributed by atoms with Crippen molar-refractivity contribution in [3.63, 3.8) is 0 Å². The summed E-state index contributed by atoms with van der Waals surface area (Å²) >= 11 is 2.13. The first-order chi connectivity index (χ1) is 17.8. The van der Waals surface area contributed by atoms with E-state index in [9.17, 15) is 18.8 Å². The van der Waals surface area contributed by atoms with E-state index in [4.69, 9.17) is 9.47 Å². The first-order valence-corrected chi connectivity index (χ1v) is 12.7. The monoisotopic (exact) mass is 614 g/mol. The summed E-state index contributed by atoms with van der Waals surface area (Å²) in [5.74, 6) is -0.735. The van der Waals surface area contributed by atoms with Gasteiger partial charge in [0, 0.05) is 15.6 Å². The van der Waals surface area contributed by atoms with Crippen LogP contribution in [-0.2, 0) is 16.0 Å². The molecule has 0 radical (unpaired) electrons. The number of ether oxygens (including phenoxy) is 2. The van der Waals surface area contributed by atoms with Crippen molar-refractivity contribution in [2.75, 3.05) is 18.1 Å². The van der Waals surface area contributed by atoms with Gasteiger partial charge in [-0.15, -0.1) is 0 Å². The van der Waals surface area contributed by atoms with Gasteiger partial charge >= 0.3 is 6.03 Å². The third-order valence-electron chi connectivity index (χ3n) is 5.62. The summed E-state index contributed by atoms with van der Waals surface area (Å²) in [7, 11) is 0. The number of barbiturate groups is 1. The molecule has 0 atom stereocenters. The highest BCUT2D eigenvalue weighted by Crippen LogP contribution is 2.31. The molecule has 1 aliphatic heterocycles. The molecule has 1 fully saturated rings. The van der Waals surface area contributed by atoms with Crippen LogP contribution < -0.4 is 19.7 Å². The van der Waals surface area contributed by atoms with Gasteiger partial charge < -0.3 is 9.47 Å². The van der Waals surface area contributed by atoms with Gasteiger partial charge in [-0.1, -0.05) is 18.2 Å². The number of rotatable bonds is 8. The Hall–Kier alpha value is -3.73. The van der Waals surface area contributed by atoms with E-state index < -0.39 is 17.8 Å². The maximum Gasteiger partial charge on any atom is 0.335 e. The molecule has 3 aromatic carbocycles. The van der Waals surface area contributed by atoms with Gasteiger partial charge in [-0.25, -0.2) is 14.1 Å². The van der Waals surface area contributed by atoms with Crippen molar-refractivity contribution in [2.24, 2.45) is 0 Å². The molecule has 0 unspecified atom stereocenters. The van der Waals surface area contributed by atoms with E-state index >= 15 is 0 Å². The van der Waals surface area contributed by atoms with Crippen molar-refractivity contribution in [1.29, 1.82) is 0 Å². The van der Waals surface area contributed by atoms with Gasteiger partial charge in [-0.2, -0.15) is 0 Å². The van der Waals surface area contributed by atoms with E-state index in [2.05, 4.69) is 27.9 Å². The highest BCUT2D eigenvalue weighted by molar-refractivity contribution is 14.1. The van der Waals surface area contributed by atoms with E-state index in [1.165, 1.54) is 12.1 Å². The fraction of sp³-hybridized carbons (Fsp3) is 0.179. The second kappa shape index (κ2) is 11.5. The lowest BCUT2D eigenvalue weighted by Crippen LogP contribution is -2.54. The lowest BCUT2D eigenvalue weighted by atomic mass is 10.00.